The third-order valence-corrected chi connectivity index (χ3v) is 139. The minimum atomic E-state index is -8.14. The van der Waals surface area contributed by atoms with E-state index in [1.165, 1.54) is 110 Å². The molecule has 8 aromatic rings. The van der Waals surface area contributed by atoms with Crippen LogP contribution in [-0.4, -0.2) is 50.9 Å². The molecule has 2 aliphatic heterocycles. The van der Waals surface area contributed by atoms with Gasteiger partial charge in [-0.25, -0.2) is 0 Å². The number of benzene rings is 8. The van der Waals surface area contributed by atoms with Gasteiger partial charge in [0.15, 0.2) is 0 Å². The van der Waals surface area contributed by atoms with Gasteiger partial charge < -0.3 is 0 Å². The Kier molecular flexibility index (Phi) is 19.7. The Morgan fingerprint density at radius 1 is 0.282 bits per heavy atom. The van der Waals surface area contributed by atoms with Crippen molar-refractivity contribution in [2.24, 2.45) is 23.7 Å². The molecule has 13 heteroatoms. The topological polar surface area (TPSA) is 36.9 Å². The maximum atomic E-state index is 12.5. The third-order valence-electron chi connectivity index (χ3n) is 37.8. The Labute approximate surface area is 793 Å². The van der Waals surface area contributed by atoms with E-state index in [-0.39, 0.29) is 43.8 Å². The van der Waals surface area contributed by atoms with E-state index in [1.807, 2.05) is 0 Å². The van der Waals surface area contributed by atoms with Crippen molar-refractivity contribution in [2.75, 3.05) is 0 Å². The number of allylic oxidation sites excluding steroid dienone is 32. The molecule has 4 nitrogen and oxygen atoms in total. The molecule has 8 aromatic carbocycles. The van der Waals surface area contributed by atoms with Crippen molar-refractivity contribution in [3.8, 4) is 23.0 Å². The fourth-order valence-corrected chi connectivity index (χ4v) is 154. The molecule has 2 heterocycles. The van der Waals surface area contributed by atoms with Crippen LogP contribution in [0.25, 0.3) is 43.1 Å². The van der Waals surface area contributed by atoms with Crippen LogP contribution in [0.4, 0.5) is 0 Å². The average Bonchev–Trinajstić information content (AvgIpc) is 1.48. The van der Waals surface area contributed by atoms with E-state index in [9.17, 15) is 17.0 Å². The first-order valence-electron chi connectivity index (χ1n) is 49.8. The second-order valence-corrected chi connectivity index (χ2v) is 107. The van der Waals surface area contributed by atoms with Gasteiger partial charge >= 0.3 is 646 Å². The van der Waals surface area contributed by atoms with E-state index >= 15 is 0 Å². The normalized spacial score (nSPS) is 29.3. The van der Waals surface area contributed by atoms with Crippen molar-refractivity contribution in [1.82, 2.24) is 0 Å². The maximum absolute atomic E-state index is 12.5. The van der Waals surface area contributed by atoms with Gasteiger partial charge in [-0.3, -0.25) is 0 Å². The molecule has 0 N–H and O–H groups in total. The summed E-state index contributed by atoms with van der Waals surface area (Å²) in [6.45, 7) is 52.9. The second-order valence-electron chi connectivity index (χ2n) is 48.6. The van der Waals surface area contributed by atoms with Gasteiger partial charge in [0.25, 0.3) is 0 Å². The van der Waals surface area contributed by atoms with Crippen LogP contribution in [0.3, 0.4) is 0 Å². The molecule has 14 aliphatic rings. The molecular weight excluding hydrogens is 1810 g/mol. The van der Waals surface area contributed by atoms with Crippen LogP contribution in [0.1, 0.15) is 180 Å². The molecule has 2 saturated heterocycles. The Hall–Kier alpha value is -7.40. The fourth-order valence-electron chi connectivity index (χ4n) is 27.7. The van der Waals surface area contributed by atoms with Gasteiger partial charge in [-0.15, -0.1) is 0 Å². The van der Waals surface area contributed by atoms with Crippen molar-refractivity contribution in [2.45, 2.75) is 255 Å². The molecule has 8 atom stereocenters. The van der Waals surface area contributed by atoms with Crippen LogP contribution in [-0.2, 0) is 14.9 Å². The Morgan fingerprint density at radius 2 is 0.473 bits per heavy atom. The van der Waals surface area contributed by atoms with E-state index in [0.717, 1.165) is 74.4 Å². The van der Waals surface area contributed by atoms with E-state index < -0.39 is 76.8 Å². The monoisotopic (exact) mass is 1940 g/mol. The first kappa shape index (κ1) is 88.9. The molecule has 6 fully saturated rings. The quantitative estimate of drug-likeness (QED) is 0.0904. The summed E-state index contributed by atoms with van der Waals surface area (Å²) in [5, 5.41) is 9.99. The molecule has 674 valence electrons. The standard InChI is InChI=1S/2C59H68O2Si3.2ClH.Zr/c2*1-58(2,3)63(8,9)60-46-30-28-40-32-44(26-24-42(40)34-46)48-16-12-14-18-50-54(48)36-52(38-20-21-38)56(50)62(7)57-51-19-15-13-17-49(55(51)37-53(57)39-22-23-39)45-27-25-43-35-47(31-29-41(43)33-45)61-64(10,11)59(4,5)6;;;/h2*12-19,24-39,48-49,62H,20-23H2,1-11H3;2*1H;/q;;;;+2/p-2. The summed E-state index contributed by atoms with van der Waals surface area (Å²) in [5.41, 5.74) is 23.4. The molecule has 0 radical (unpaired) electrons. The SMILES string of the molecule is C[SiH]1[C]2(C(C3CC3)=CC3=C2C=CC=CC3c2ccc3cc(O[Si](C)(C)C(C)(C)C)ccc3c2)[Zr]2([Cl])([Cl])([C]13C(C1CC1)=CC1=C3C=CC=CC1c1ccc3cc(O[Si](C)(C)C(C)(C)C)ccc3c1)[C]1(C(C3CC3)=CC3=C1C=CC=CC3c1ccc3cc(O[Si](C)(C)C(C)(C)C)ccc3c1)[SiH](C)[C]21C(C2CC2)=CC2=C1C=CC=CC2c1ccc2cc(O[Si](C)(C)C(C)(C)C)ccc2c1. The Morgan fingerprint density at radius 3 is 0.664 bits per heavy atom. The van der Waals surface area contributed by atoms with Gasteiger partial charge in [-0.1, -0.05) is 83.1 Å². The third kappa shape index (κ3) is 11.8. The zero-order chi connectivity index (χ0) is 91.9. The van der Waals surface area contributed by atoms with Crippen molar-refractivity contribution < 1.29 is 32.6 Å². The second kappa shape index (κ2) is 29.1. The molecule has 5 spiro atoms. The molecule has 12 aliphatic carbocycles. The zero-order valence-electron chi connectivity index (χ0n) is 81.7. The van der Waals surface area contributed by atoms with E-state index in [2.05, 4.69) is 416 Å². The zero-order valence-corrected chi connectivity index (χ0v) is 92.0. The van der Waals surface area contributed by atoms with Crippen molar-refractivity contribution in [3.05, 3.63) is 356 Å². The number of hydrogen-bond acceptors (Lipinski definition) is 4. The fraction of sp³-hybridized carbons (Fsp3) is 0.390. The van der Waals surface area contributed by atoms with Gasteiger partial charge in [0.05, 0.1) is 0 Å². The summed E-state index contributed by atoms with van der Waals surface area (Å²) in [6.07, 6.45) is 61.5. The van der Waals surface area contributed by atoms with Crippen LogP contribution in [0.5, 0.6) is 23.0 Å². The molecule has 22 rings (SSSR count). The van der Waals surface area contributed by atoms with Crippen LogP contribution in [0.2, 0.25) is 96.6 Å². The average molecular weight is 1950 g/mol. The van der Waals surface area contributed by atoms with Gasteiger partial charge in [0, 0.05) is 0 Å². The van der Waals surface area contributed by atoms with Gasteiger partial charge in [-0.2, -0.15) is 0 Å². The summed E-state index contributed by atoms with van der Waals surface area (Å²) in [7, 11) is 10.9. The van der Waals surface area contributed by atoms with E-state index in [4.69, 9.17) is 17.7 Å². The summed E-state index contributed by atoms with van der Waals surface area (Å²) < 4.78 is 25.5. The number of fused-ring (bicyclic) bond motifs is 12. The summed E-state index contributed by atoms with van der Waals surface area (Å²) in [6, 6.07) is 57.4. The van der Waals surface area contributed by atoms with Crippen LogP contribution in [0, 0.1) is 23.7 Å². The summed E-state index contributed by atoms with van der Waals surface area (Å²) in [5.74, 6) is 4.70. The first-order valence-corrected chi connectivity index (χ1v) is 77.3. The Balaban J connectivity index is 0.851. The van der Waals surface area contributed by atoms with Gasteiger partial charge in [0.1, 0.15) is 0 Å². The van der Waals surface area contributed by atoms with Crippen molar-refractivity contribution in [3.63, 3.8) is 0 Å². The predicted molar refractivity (Wildman–Crippen MR) is 571 cm³/mol. The molecule has 0 amide bonds. The van der Waals surface area contributed by atoms with Crippen molar-refractivity contribution in [1.29, 1.82) is 0 Å². The Bertz CT molecular complexity index is 6100. The predicted octanol–water partition coefficient (Wildman–Crippen LogP) is 34.4. The van der Waals surface area contributed by atoms with Crippen LogP contribution in [0.15, 0.2) is 334 Å². The molecule has 8 unspecified atom stereocenters. The van der Waals surface area contributed by atoms with Gasteiger partial charge in [0.2, 0.25) is 0 Å². The molecule has 4 saturated carbocycles. The molecule has 0 aromatic heterocycles. The minimum absolute atomic E-state index is 0.0600. The number of rotatable bonds is 16. The van der Waals surface area contributed by atoms with E-state index in [0.29, 0.717) is 23.7 Å². The molecule has 0 bridgehead atoms. The summed E-state index contributed by atoms with van der Waals surface area (Å²) in [4.78, 5) is 0. The van der Waals surface area contributed by atoms with Crippen LogP contribution < -0.4 is 17.7 Å². The van der Waals surface area contributed by atoms with E-state index in [1.54, 1.807) is 22.3 Å². The number of halogens is 2. The molecular formula is C118H136Cl2O4Si6Zr. The first-order chi connectivity index (χ1) is 61.8. The molecule has 131 heavy (non-hydrogen) atoms. The number of hydrogen-bond donors (Lipinski definition) is 0. The van der Waals surface area contributed by atoms with Crippen LogP contribution >= 0.6 is 17.0 Å². The van der Waals surface area contributed by atoms with Gasteiger partial charge in [-0.05, 0) is 72.5 Å². The summed E-state index contributed by atoms with van der Waals surface area (Å²) >= 11 is -8.14. The van der Waals surface area contributed by atoms with Crippen molar-refractivity contribution >= 4 is 111 Å².